The molecule has 0 fully saturated rings. The number of pyridine rings is 1. The first-order valence-electron chi connectivity index (χ1n) is 5.09. The molecule has 1 nitrogen and oxygen atoms in total. The van der Waals surface area contributed by atoms with Crippen LogP contribution in [-0.4, -0.2) is 4.98 Å². The molecule has 1 heterocycles. The fourth-order valence-electron chi connectivity index (χ4n) is 1.30. The molecule has 0 aliphatic rings. The molecule has 0 saturated heterocycles. The van der Waals surface area contributed by atoms with Crippen LogP contribution in [0.5, 0.6) is 0 Å². The zero-order chi connectivity index (χ0) is 10.6. The van der Waals surface area contributed by atoms with Crippen molar-refractivity contribution in [1.29, 1.82) is 0 Å². The minimum Gasteiger partial charge on any atom is -0.264 e. The molecule has 1 aromatic heterocycles. The van der Waals surface area contributed by atoms with E-state index in [4.69, 9.17) is 0 Å². The van der Waals surface area contributed by atoms with Gasteiger partial charge in [0.25, 0.3) is 0 Å². The lowest BCUT2D eigenvalue weighted by molar-refractivity contribution is 0.586. The predicted octanol–water partition coefficient (Wildman–Crippen LogP) is 3.50. The second-order valence-corrected chi connectivity index (χ2v) is 4.66. The molecule has 1 aromatic rings. The molecule has 0 aromatic carbocycles. The average Bonchev–Trinajstić information content (AvgIpc) is 2.14. The van der Waals surface area contributed by atoms with E-state index in [1.807, 2.05) is 18.5 Å². The zero-order valence-electron chi connectivity index (χ0n) is 9.38. The number of aromatic nitrogens is 1. The van der Waals surface area contributed by atoms with E-state index in [1.165, 1.54) is 11.1 Å². The molecule has 0 N–H and O–H groups in total. The molecule has 0 aliphatic heterocycles. The third kappa shape index (κ3) is 2.99. The standard InChI is InChI=1S/C13H19N/c1-5-6-7-11-8-12(10-14-9-11)13(2,3)4/h5,8-10H,1,6-7H2,2-4H3. The van der Waals surface area contributed by atoms with Crippen molar-refractivity contribution < 1.29 is 0 Å². The van der Waals surface area contributed by atoms with Gasteiger partial charge in [0.1, 0.15) is 0 Å². The lowest BCUT2D eigenvalue weighted by atomic mass is 9.87. The summed E-state index contributed by atoms with van der Waals surface area (Å²) < 4.78 is 0. The summed E-state index contributed by atoms with van der Waals surface area (Å²) in [5.74, 6) is 0. The minimum atomic E-state index is 0.192. The predicted molar refractivity (Wildman–Crippen MR) is 61.5 cm³/mol. The summed E-state index contributed by atoms with van der Waals surface area (Å²) in [6, 6.07) is 2.25. The second-order valence-electron chi connectivity index (χ2n) is 4.66. The zero-order valence-corrected chi connectivity index (χ0v) is 9.38. The number of nitrogens with zero attached hydrogens (tertiary/aromatic N) is 1. The van der Waals surface area contributed by atoms with Gasteiger partial charge in [-0.2, -0.15) is 0 Å². The van der Waals surface area contributed by atoms with Crippen LogP contribution in [0.3, 0.4) is 0 Å². The van der Waals surface area contributed by atoms with Crippen LogP contribution in [0.15, 0.2) is 31.1 Å². The highest BCUT2D eigenvalue weighted by Crippen LogP contribution is 2.22. The maximum atomic E-state index is 4.27. The van der Waals surface area contributed by atoms with E-state index < -0.39 is 0 Å². The monoisotopic (exact) mass is 189 g/mol. The molecule has 0 aliphatic carbocycles. The summed E-state index contributed by atoms with van der Waals surface area (Å²) in [4.78, 5) is 4.27. The lowest BCUT2D eigenvalue weighted by Gasteiger charge is -2.18. The van der Waals surface area contributed by atoms with Crippen molar-refractivity contribution >= 4 is 0 Å². The van der Waals surface area contributed by atoms with E-state index in [1.54, 1.807) is 0 Å². The van der Waals surface area contributed by atoms with Crippen molar-refractivity contribution in [1.82, 2.24) is 4.98 Å². The maximum Gasteiger partial charge on any atom is 0.0305 e. The van der Waals surface area contributed by atoms with Gasteiger partial charge in [-0.3, -0.25) is 4.98 Å². The van der Waals surface area contributed by atoms with E-state index >= 15 is 0 Å². The summed E-state index contributed by atoms with van der Waals surface area (Å²) >= 11 is 0. The number of hydrogen-bond donors (Lipinski definition) is 0. The first-order valence-corrected chi connectivity index (χ1v) is 5.09. The highest BCUT2D eigenvalue weighted by Gasteiger charge is 2.13. The molecule has 14 heavy (non-hydrogen) atoms. The molecule has 1 heteroatoms. The number of aryl methyl sites for hydroxylation is 1. The van der Waals surface area contributed by atoms with E-state index in [9.17, 15) is 0 Å². The van der Waals surface area contributed by atoms with E-state index in [0.29, 0.717) is 0 Å². The van der Waals surface area contributed by atoms with Crippen molar-refractivity contribution in [3.8, 4) is 0 Å². The summed E-state index contributed by atoms with van der Waals surface area (Å²) in [7, 11) is 0. The Morgan fingerprint density at radius 2 is 2.07 bits per heavy atom. The van der Waals surface area contributed by atoms with Crippen molar-refractivity contribution in [2.45, 2.75) is 39.0 Å². The highest BCUT2D eigenvalue weighted by atomic mass is 14.6. The average molecular weight is 189 g/mol. The smallest absolute Gasteiger partial charge is 0.0305 e. The normalized spacial score (nSPS) is 11.4. The van der Waals surface area contributed by atoms with E-state index in [2.05, 4.69) is 38.4 Å². The SMILES string of the molecule is C=CCCc1cncc(C(C)(C)C)c1. The number of allylic oxidation sites excluding steroid dienone is 1. The Morgan fingerprint density at radius 3 is 2.64 bits per heavy atom. The molecular formula is C13H19N. The van der Waals surface area contributed by atoms with Crippen molar-refractivity contribution in [3.05, 3.63) is 42.2 Å². The highest BCUT2D eigenvalue weighted by molar-refractivity contribution is 5.24. The Bertz CT molecular complexity index is 307. The van der Waals surface area contributed by atoms with Gasteiger partial charge in [0.15, 0.2) is 0 Å². The molecule has 0 amide bonds. The molecule has 0 radical (unpaired) electrons. The van der Waals surface area contributed by atoms with Crippen LogP contribution in [0.1, 0.15) is 38.3 Å². The summed E-state index contributed by atoms with van der Waals surface area (Å²) in [6.07, 6.45) is 7.91. The molecule has 76 valence electrons. The molecule has 0 saturated carbocycles. The first-order chi connectivity index (χ1) is 6.54. The Labute approximate surface area is 86.9 Å². The third-order valence-electron chi connectivity index (χ3n) is 2.30. The van der Waals surface area contributed by atoms with Gasteiger partial charge < -0.3 is 0 Å². The molecular weight excluding hydrogens is 170 g/mol. The van der Waals surface area contributed by atoms with Gasteiger partial charge in [0, 0.05) is 12.4 Å². The topological polar surface area (TPSA) is 12.9 Å². The first kappa shape index (κ1) is 11.0. The van der Waals surface area contributed by atoms with E-state index in [-0.39, 0.29) is 5.41 Å². The fourth-order valence-corrected chi connectivity index (χ4v) is 1.30. The van der Waals surface area contributed by atoms with Gasteiger partial charge in [-0.05, 0) is 29.4 Å². The number of rotatable bonds is 3. The summed E-state index contributed by atoms with van der Waals surface area (Å²) in [6.45, 7) is 10.4. The number of hydrogen-bond acceptors (Lipinski definition) is 1. The fraction of sp³-hybridized carbons (Fsp3) is 0.462. The molecule has 0 spiro atoms. The second kappa shape index (κ2) is 4.41. The van der Waals surface area contributed by atoms with Crippen LogP contribution in [0.2, 0.25) is 0 Å². The molecule has 1 rings (SSSR count). The van der Waals surface area contributed by atoms with Gasteiger partial charge in [0.2, 0.25) is 0 Å². The largest absolute Gasteiger partial charge is 0.264 e. The Hall–Kier alpha value is -1.11. The van der Waals surface area contributed by atoms with Crippen LogP contribution >= 0.6 is 0 Å². The Balaban J connectivity index is 2.84. The van der Waals surface area contributed by atoms with Crippen molar-refractivity contribution in [2.75, 3.05) is 0 Å². The van der Waals surface area contributed by atoms with Crippen LogP contribution in [-0.2, 0) is 11.8 Å². The Kier molecular flexibility index (Phi) is 3.45. The summed E-state index contributed by atoms with van der Waals surface area (Å²) in [5, 5.41) is 0. The van der Waals surface area contributed by atoms with Crippen molar-refractivity contribution in [2.24, 2.45) is 0 Å². The van der Waals surface area contributed by atoms with Gasteiger partial charge in [-0.25, -0.2) is 0 Å². The molecule has 0 atom stereocenters. The minimum absolute atomic E-state index is 0.192. The summed E-state index contributed by atoms with van der Waals surface area (Å²) in [5.41, 5.74) is 2.80. The van der Waals surface area contributed by atoms with E-state index in [0.717, 1.165) is 12.8 Å². The van der Waals surface area contributed by atoms with Gasteiger partial charge in [-0.15, -0.1) is 6.58 Å². The maximum absolute atomic E-state index is 4.27. The van der Waals surface area contributed by atoms with Crippen LogP contribution < -0.4 is 0 Å². The van der Waals surface area contributed by atoms with Crippen LogP contribution in [0.4, 0.5) is 0 Å². The lowest BCUT2D eigenvalue weighted by Crippen LogP contribution is -2.11. The molecule has 0 bridgehead atoms. The van der Waals surface area contributed by atoms with Crippen LogP contribution in [0.25, 0.3) is 0 Å². The quantitative estimate of drug-likeness (QED) is 0.663. The van der Waals surface area contributed by atoms with Crippen molar-refractivity contribution in [3.63, 3.8) is 0 Å². The molecule has 0 unspecified atom stereocenters. The third-order valence-corrected chi connectivity index (χ3v) is 2.30. The Morgan fingerprint density at radius 1 is 1.36 bits per heavy atom. The van der Waals surface area contributed by atoms with Gasteiger partial charge in [0.05, 0.1) is 0 Å². The van der Waals surface area contributed by atoms with Gasteiger partial charge in [-0.1, -0.05) is 32.9 Å². The van der Waals surface area contributed by atoms with Gasteiger partial charge >= 0.3 is 0 Å². The van der Waals surface area contributed by atoms with Crippen LogP contribution in [0, 0.1) is 0 Å².